The van der Waals surface area contributed by atoms with E-state index in [1.165, 1.54) is 18.4 Å². The lowest BCUT2D eigenvalue weighted by atomic mass is 9.96. The van der Waals surface area contributed by atoms with Crippen molar-refractivity contribution in [3.63, 3.8) is 0 Å². The molecule has 2 N–H and O–H groups in total. The first-order chi connectivity index (χ1) is 13.6. The average Bonchev–Trinajstić information content (AvgIpc) is 2.92. The first kappa shape index (κ1) is 23.7. The Morgan fingerprint density at radius 3 is 2.48 bits per heavy atom. The molecule has 1 amide bonds. The van der Waals surface area contributed by atoms with Gasteiger partial charge in [-0.2, -0.15) is 0 Å². The first-order valence-electron chi connectivity index (χ1n) is 10.2. The Labute approximate surface area is 191 Å². The van der Waals surface area contributed by atoms with Crippen molar-refractivity contribution in [3.8, 4) is 0 Å². The van der Waals surface area contributed by atoms with Gasteiger partial charge in [-0.15, -0.1) is 30.6 Å². The quantitative estimate of drug-likeness (QED) is 0.256. The Hall–Kier alpha value is -1.61. The van der Waals surface area contributed by atoms with Gasteiger partial charge in [-0.25, -0.2) is 4.99 Å². The maximum absolute atomic E-state index is 11.9. The molecule has 0 spiro atoms. The van der Waals surface area contributed by atoms with Crippen LogP contribution in [0.15, 0.2) is 48.0 Å². The summed E-state index contributed by atoms with van der Waals surface area (Å²) in [6.07, 6.45) is 6.55. The number of amides is 1. The summed E-state index contributed by atoms with van der Waals surface area (Å²) in [4.78, 5) is 20.6. The van der Waals surface area contributed by atoms with E-state index in [9.17, 15) is 4.79 Å². The summed E-state index contributed by atoms with van der Waals surface area (Å²) in [5.41, 5.74) is 1.39. The van der Waals surface area contributed by atoms with Crippen molar-refractivity contribution in [2.45, 2.75) is 50.4 Å². The summed E-state index contributed by atoms with van der Waals surface area (Å²) in [5.74, 6) is 0.702. The highest BCUT2D eigenvalue weighted by Crippen LogP contribution is 2.36. The van der Waals surface area contributed by atoms with Crippen LogP contribution < -0.4 is 10.6 Å². The summed E-state index contributed by atoms with van der Waals surface area (Å²) in [5, 5.41) is 6.81. The predicted molar refractivity (Wildman–Crippen MR) is 130 cm³/mol. The van der Waals surface area contributed by atoms with Crippen molar-refractivity contribution in [1.29, 1.82) is 0 Å². The molecule has 0 aliphatic carbocycles. The van der Waals surface area contributed by atoms with Crippen LogP contribution in [-0.2, 0) is 11.3 Å². The number of rotatable bonds is 7. The summed E-state index contributed by atoms with van der Waals surface area (Å²) in [6.45, 7) is 5.58. The van der Waals surface area contributed by atoms with E-state index in [-0.39, 0.29) is 36.4 Å². The number of benzene rings is 1. The third kappa shape index (κ3) is 6.70. The number of guanidine groups is 1. The molecule has 0 saturated carbocycles. The van der Waals surface area contributed by atoms with E-state index in [1.54, 1.807) is 25.1 Å². The van der Waals surface area contributed by atoms with Crippen LogP contribution in [0.4, 0.5) is 0 Å². The highest BCUT2D eigenvalue weighted by molar-refractivity contribution is 14.0. The zero-order valence-electron chi connectivity index (χ0n) is 17.5. The number of hydrogen-bond acceptors (Lipinski definition) is 3. The monoisotopic (exact) mass is 511 g/mol. The number of nitrogens with one attached hydrogen (secondary N) is 2. The Balaban J connectivity index is 0.00000300. The van der Waals surface area contributed by atoms with Gasteiger partial charge in [-0.1, -0.05) is 36.4 Å². The number of fused-ring (bicyclic) bond motifs is 2. The van der Waals surface area contributed by atoms with Gasteiger partial charge in [-0.3, -0.25) is 9.69 Å². The smallest absolute Gasteiger partial charge is 0.243 e. The van der Waals surface area contributed by atoms with Crippen LogP contribution in [0.1, 0.15) is 31.2 Å². The van der Waals surface area contributed by atoms with Crippen LogP contribution in [0, 0.1) is 0 Å². The summed E-state index contributed by atoms with van der Waals surface area (Å²) < 4.78 is 0. The second kappa shape index (κ2) is 11.5. The minimum Gasteiger partial charge on any atom is -0.354 e. The lowest BCUT2D eigenvalue weighted by Crippen LogP contribution is -2.52. The molecule has 2 aliphatic heterocycles. The Morgan fingerprint density at radius 1 is 1.24 bits per heavy atom. The second-order valence-electron chi connectivity index (χ2n) is 7.98. The molecule has 0 aromatic heterocycles. The van der Waals surface area contributed by atoms with Crippen LogP contribution >= 0.6 is 24.0 Å². The van der Waals surface area contributed by atoms with Crippen molar-refractivity contribution in [1.82, 2.24) is 20.4 Å². The van der Waals surface area contributed by atoms with Crippen LogP contribution in [0.25, 0.3) is 0 Å². The molecule has 2 heterocycles. The van der Waals surface area contributed by atoms with E-state index in [4.69, 9.17) is 0 Å². The van der Waals surface area contributed by atoms with Crippen LogP contribution in [0.2, 0.25) is 0 Å². The van der Waals surface area contributed by atoms with Gasteiger partial charge in [0.05, 0.1) is 0 Å². The van der Waals surface area contributed by atoms with E-state index < -0.39 is 0 Å². The molecule has 6 nitrogen and oxygen atoms in total. The molecule has 2 aliphatic rings. The summed E-state index contributed by atoms with van der Waals surface area (Å²) in [6, 6.07) is 12.4. The number of piperidine rings is 1. The van der Waals surface area contributed by atoms with Crippen LogP contribution in [-0.4, -0.2) is 67.0 Å². The van der Waals surface area contributed by atoms with E-state index in [0.717, 1.165) is 19.4 Å². The molecule has 2 atom stereocenters. The number of hydrogen-bond donors (Lipinski definition) is 2. The van der Waals surface area contributed by atoms with Crippen LogP contribution in [0.3, 0.4) is 0 Å². The van der Waals surface area contributed by atoms with Gasteiger partial charge in [0.1, 0.15) is 6.54 Å². The molecular formula is C22H34IN5O. The first-order valence-corrected chi connectivity index (χ1v) is 10.2. The fraction of sp³-hybridized carbons (Fsp3) is 0.545. The third-order valence-corrected chi connectivity index (χ3v) is 5.72. The van der Waals surface area contributed by atoms with Gasteiger partial charge in [0, 0.05) is 45.3 Å². The molecule has 1 aromatic carbocycles. The Bertz CT molecular complexity index is 680. The van der Waals surface area contributed by atoms with E-state index in [2.05, 4.69) is 57.4 Å². The molecular weight excluding hydrogens is 477 g/mol. The van der Waals surface area contributed by atoms with Gasteiger partial charge >= 0.3 is 0 Å². The zero-order valence-corrected chi connectivity index (χ0v) is 19.8. The molecule has 2 unspecified atom stereocenters. The van der Waals surface area contributed by atoms with Crippen molar-refractivity contribution in [2.75, 3.05) is 27.2 Å². The fourth-order valence-corrected chi connectivity index (χ4v) is 4.25. The normalized spacial score (nSPS) is 23.8. The third-order valence-electron chi connectivity index (χ3n) is 5.72. The number of nitrogens with zero attached hydrogens (tertiary/aromatic N) is 3. The topological polar surface area (TPSA) is 60.0 Å². The van der Waals surface area contributed by atoms with Gasteiger partial charge in [0.25, 0.3) is 0 Å². The number of halogens is 1. The molecule has 29 heavy (non-hydrogen) atoms. The largest absolute Gasteiger partial charge is 0.354 e. The molecule has 7 heteroatoms. The molecule has 1 aromatic rings. The molecule has 2 bridgehead atoms. The lowest BCUT2D eigenvalue weighted by molar-refractivity contribution is -0.127. The average molecular weight is 511 g/mol. The Kier molecular flexibility index (Phi) is 9.42. The molecule has 160 valence electrons. The summed E-state index contributed by atoms with van der Waals surface area (Å²) >= 11 is 0. The molecule has 0 radical (unpaired) electrons. The molecule has 2 saturated heterocycles. The minimum atomic E-state index is -0.00236. The fourth-order valence-electron chi connectivity index (χ4n) is 4.25. The zero-order chi connectivity index (χ0) is 19.9. The Morgan fingerprint density at radius 2 is 1.90 bits per heavy atom. The van der Waals surface area contributed by atoms with Gasteiger partial charge in [0.15, 0.2) is 5.96 Å². The summed E-state index contributed by atoms with van der Waals surface area (Å²) in [7, 11) is 3.50. The van der Waals surface area contributed by atoms with E-state index in [0.29, 0.717) is 30.6 Å². The predicted octanol–water partition coefficient (Wildman–Crippen LogP) is 2.61. The molecule has 3 rings (SSSR count). The van der Waals surface area contributed by atoms with Crippen molar-refractivity contribution < 1.29 is 4.79 Å². The van der Waals surface area contributed by atoms with E-state index >= 15 is 0 Å². The lowest BCUT2D eigenvalue weighted by Gasteiger charge is -2.39. The number of carbonyl (C=O) groups excluding carboxylic acids is 1. The number of likely N-dealkylation sites (N-methyl/N-ethyl adjacent to an activating group) is 1. The van der Waals surface area contributed by atoms with Crippen molar-refractivity contribution in [3.05, 3.63) is 48.6 Å². The SMILES string of the molecule is C=CCNC(=NCC(=O)N(C)C)NC1CC2CCC(C1)N2Cc1ccccc1.I. The second-order valence-corrected chi connectivity index (χ2v) is 7.98. The maximum atomic E-state index is 11.9. The highest BCUT2D eigenvalue weighted by atomic mass is 127. The van der Waals surface area contributed by atoms with Gasteiger partial charge < -0.3 is 15.5 Å². The van der Waals surface area contributed by atoms with Gasteiger partial charge in [0.2, 0.25) is 5.91 Å². The van der Waals surface area contributed by atoms with E-state index in [1.807, 2.05) is 0 Å². The van der Waals surface area contributed by atoms with Gasteiger partial charge in [-0.05, 0) is 31.2 Å². The van der Waals surface area contributed by atoms with Crippen molar-refractivity contribution >= 4 is 35.8 Å². The standard InChI is InChI=1S/C22H33N5O.HI/c1-4-12-23-22(24-15-21(28)26(2)3)25-18-13-19-10-11-20(14-18)27(19)16-17-8-6-5-7-9-17;/h4-9,18-20H,1,10-16H2,2-3H3,(H2,23,24,25);1H. The maximum Gasteiger partial charge on any atom is 0.243 e. The molecule has 2 fully saturated rings. The van der Waals surface area contributed by atoms with Crippen LogP contribution in [0.5, 0.6) is 0 Å². The number of aliphatic imine (C=N–C) groups is 1. The van der Waals surface area contributed by atoms with Crippen molar-refractivity contribution in [2.24, 2.45) is 4.99 Å². The minimum absolute atomic E-state index is 0. The highest BCUT2D eigenvalue weighted by Gasteiger charge is 2.40. The number of carbonyl (C=O) groups is 1.